The van der Waals surface area contributed by atoms with E-state index in [0.29, 0.717) is 25.0 Å². The zero-order valence-electron chi connectivity index (χ0n) is 11.3. The van der Waals surface area contributed by atoms with Crippen molar-refractivity contribution < 1.29 is 14.3 Å². The van der Waals surface area contributed by atoms with Crippen molar-refractivity contribution in [2.75, 3.05) is 13.7 Å². The van der Waals surface area contributed by atoms with Gasteiger partial charge in [0.25, 0.3) is 0 Å². The summed E-state index contributed by atoms with van der Waals surface area (Å²) in [4.78, 5) is 22.9. The normalized spacial score (nSPS) is 11.9. The van der Waals surface area contributed by atoms with Gasteiger partial charge in [-0.3, -0.25) is 9.59 Å². The Labute approximate surface area is 113 Å². The highest BCUT2D eigenvalue weighted by Gasteiger charge is 2.10. The van der Waals surface area contributed by atoms with Gasteiger partial charge in [-0.2, -0.15) is 0 Å². The second kappa shape index (κ2) is 7.53. The highest BCUT2D eigenvalue weighted by atomic mass is 16.5. The number of methoxy groups -OCH3 is 1. The zero-order chi connectivity index (χ0) is 14.3. The summed E-state index contributed by atoms with van der Waals surface area (Å²) in [7, 11) is 1.59. The minimum atomic E-state index is -0.469. The molecule has 2 amide bonds. The van der Waals surface area contributed by atoms with Crippen molar-refractivity contribution in [1.82, 2.24) is 5.32 Å². The molecule has 0 bridgehead atoms. The lowest BCUT2D eigenvalue weighted by Gasteiger charge is -2.13. The smallest absolute Gasteiger partial charge is 0.248 e. The Morgan fingerprint density at radius 3 is 2.68 bits per heavy atom. The van der Waals surface area contributed by atoms with Crippen molar-refractivity contribution in [3.05, 3.63) is 35.4 Å². The van der Waals surface area contributed by atoms with Crippen LogP contribution < -0.4 is 11.1 Å². The molecule has 0 aromatic heterocycles. The molecule has 0 saturated heterocycles. The quantitative estimate of drug-likeness (QED) is 0.766. The van der Waals surface area contributed by atoms with E-state index < -0.39 is 5.91 Å². The van der Waals surface area contributed by atoms with Gasteiger partial charge < -0.3 is 15.8 Å². The number of nitrogens with two attached hydrogens (primary N) is 1. The molecule has 5 heteroatoms. The number of rotatable bonds is 7. The lowest BCUT2D eigenvalue weighted by atomic mass is 10.0. The largest absolute Gasteiger partial charge is 0.383 e. The minimum absolute atomic E-state index is 0.0242. The highest BCUT2D eigenvalue weighted by Crippen LogP contribution is 2.10. The van der Waals surface area contributed by atoms with E-state index in [9.17, 15) is 9.59 Å². The van der Waals surface area contributed by atoms with Crippen LogP contribution in [-0.4, -0.2) is 31.6 Å². The van der Waals surface area contributed by atoms with Gasteiger partial charge in [0.1, 0.15) is 0 Å². The Kier molecular flexibility index (Phi) is 6.02. The van der Waals surface area contributed by atoms with Crippen LogP contribution >= 0.6 is 0 Å². The molecule has 1 aromatic rings. The molecule has 0 aliphatic heterocycles. The molecular weight excluding hydrogens is 244 g/mol. The second-order valence-corrected chi connectivity index (χ2v) is 4.45. The van der Waals surface area contributed by atoms with Crippen LogP contribution in [0.1, 0.15) is 29.3 Å². The number of ether oxygens (including phenoxy) is 1. The standard InChI is InChI=1S/C14H20N2O3/c1-10(9-19-2)16-13(17)8-7-11-5-3-4-6-12(11)14(15)18/h3-6,10H,7-9H2,1-2H3,(H2,15,18)(H,16,17)/t10-/m0/s1. The van der Waals surface area contributed by atoms with Crippen molar-refractivity contribution >= 4 is 11.8 Å². The molecule has 1 rings (SSSR count). The van der Waals surface area contributed by atoms with E-state index in [2.05, 4.69) is 5.32 Å². The second-order valence-electron chi connectivity index (χ2n) is 4.45. The average molecular weight is 264 g/mol. The Hall–Kier alpha value is -1.88. The third-order valence-electron chi connectivity index (χ3n) is 2.73. The molecule has 0 heterocycles. The SMILES string of the molecule is COC[C@H](C)NC(=O)CCc1ccccc1C(N)=O. The number of aryl methyl sites for hydroxylation is 1. The average Bonchev–Trinajstić information content (AvgIpc) is 2.36. The van der Waals surface area contributed by atoms with Gasteiger partial charge in [-0.1, -0.05) is 18.2 Å². The molecule has 3 N–H and O–H groups in total. The third-order valence-corrected chi connectivity index (χ3v) is 2.73. The van der Waals surface area contributed by atoms with Crippen LogP contribution in [0, 0.1) is 0 Å². The number of hydrogen-bond acceptors (Lipinski definition) is 3. The number of primary amides is 1. The molecule has 0 aliphatic rings. The third kappa shape index (κ3) is 5.09. The first-order valence-corrected chi connectivity index (χ1v) is 6.20. The molecule has 104 valence electrons. The summed E-state index contributed by atoms with van der Waals surface area (Å²) in [5.41, 5.74) is 6.55. The van der Waals surface area contributed by atoms with Crippen LogP contribution in [0.4, 0.5) is 0 Å². The van der Waals surface area contributed by atoms with Crippen molar-refractivity contribution in [3.8, 4) is 0 Å². The number of carbonyl (C=O) groups excluding carboxylic acids is 2. The Balaban J connectivity index is 2.53. The van der Waals surface area contributed by atoms with Gasteiger partial charge in [0.05, 0.1) is 6.61 Å². The maximum absolute atomic E-state index is 11.7. The Bertz CT molecular complexity index is 446. The first-order chi connectivity index (χ1) is 9.04. The van der Waals surface area contributed by atoms with Crippen molar-refractivity contribution in [2.24, 2.45) is 5.73 Å². The minimum Gasteiger partial charge on any atom is -0.383 e. The summed E-state index contributed by atoms with van der Waals surface area (Å²) >= 11 is 0. The number of carbonyl (C=O) groups is 2. The van der Waals surface area contributed by atoms with Crippen molar-refractivity contribution in [3.63, 3.8) is 0 Å². The topological polar surface area (TPSA) is 81.4 Å². The fraction of sp³-hybridized carbons (Fsp3) is 0.429. The fourth-order valence-electron chi connectivity index (χ4n) is 1.87. The number of amides is 2. The van der Waals surface area contributed by atoms with Crippen molar-refractivity contribution in [1.29, 1.82) is 0 Å². The molecule has 0 fully saturated rings. The summed E-state index contributed by atoms with van der Waals surface area (Å²) in [6.45, 7) is 2.35. The lowest BCUT2D eigenvalue weighted by Crippen LogP contribution is -2.35. The number of benzene rings is 1. The number of nitrogens with one attached hydrogen (secondary N) is 1. The molecule has 1 atom stereocenters. The van der Waals surface area contributed by atoms with Crippen LogP contribution in [0.5, 0.6) is 0 Å². The summed E-state index contributed by atoms with van der Waals surface area (Å²) < 4.78 is 4.94. The van der Waals surface area contributed by atoms with Crippen LogP contribution in [-0.2, 0) is 16.0 Å². The molecule has 0 radical (unpaired) electrons. The zero-order valence-corrected chi connectivity index (χ0v) is 11.3. The van der Waals surface area contributed by atoms with E-state index in [1.807, 2.05) is 19.1 Å². The predicted octanol–water partition coefficient (Wildman–Crippen LogP) is 0.869. The van der Waals surface area contributed by atoms with Gasteiger partial charge in [-0.25, -0.2) is 0 Å². The monoisotopic (exact) mass is 264 g/mol. The maximum atomic E-state index is 11.7. The molecule has 0 aliphatic carbocycles. The highest BCUT2D eigenvalue weighted by molar-refractivity contribution is 5.94. The molecule has 5 nitrogen and oxygen atoms in total. The van der Waals surface area contributed by atoms with Crippen LogP contribution in [0.2, 0.25) is 0 Å². The van der Waals surface area contributed by atoms with Gasteiger partial charge in [-0.05, 0) is 25.0 Å². The summed E-state index contributed by atoms with van der Waals surface area (Å²) in [5.74, 6) is -0.535. The Morgan fingerprint density at radius 1 is 1.37 bits per heavy atom. The number of hydrogen-bond donors (Lipinski definition) is 2. The molecular formula is C14H20N2O3. The van der Waals surface area contributed by atoms with Crippen LogP contribution in [0.25, 0.3) is 0 Å². The van der Waals surface area contributed by atoms with Crippen LogP contribution in [0.15, 0.2) is 24.3 Å². The van der Waals surface area contributed by atoms with Gasteiger partial charge in [0.2, 0.25) is 11.8 Å². The van der Waals surface area contributed by atoms with Gasteiger partial charge in [0, 0.05) is 25.1 Å². The molecule has 1 aromatic carbocycles. The van der Waals surface area contributed by atoms with E-state index in [1.165, 1.54) is 0 Å². The Morgan fingerprint density at radius 2 is 2.05 bits per heavy atom. The maximum Gasteiger partial charge on any atom is 0.248 e. The van der Waals surface area contributed by atoms with E-state index in [-0.39, 0.29) is 11.9 Å². The molecule has 0 spiro atoms. The molecule has 0 unspecified atom stereocenters. The van der Waals surface area contributed by atoms with Crippen LogP contribution in [0.3, 0.4) is 0 Å². The van der Waals surface area contributed by atoms with Gasteiger partial charge in [-0.15, -0.1) is 0 Å². The summed E-state index contributed by atoms with van der Waals surface area (Å²) in [5, 5.41) is 2.82. The summed E-state index contributed by atoms with van der Waals surface area (Å²) in [6, 6.07) is 7.04. The van der Waals surface area contributed by atoms with E-state index in [4.69, 9.17) is 10.5 Å². The fourth-order valence-corrected chi connectivity index (χ4v) is 1.87. The molecule has 19 heavy (non-hydrogen) atoms. The first-order valence-electron chi connectivity index (χ1n) is 6.20. The van der Waals surface area contributed by atoms with Gasteiger partial charge >= 0.3 is 0 Å². The lowest BCUT2D eigenvalue weighted by molar-refractivity contribution is -0.122. The summed E-state index contributed by atoms with van der Waals surface area (Å²) in [6.07, 6.45) is 0.809. The van der Waals surface area contributed by atoms with E-state index >= 15 is 0 Å². The van der Waals surface area contributed by atoms with Crippen molar-refractivity contribution in [2.45, 2.75) is 25.8 Å². The van der Waals surface area contributed by atoms with Gasteiger partial charge in [0.15, 0.2) is 0 Å². The molecule has 0 saturated carbocycles. The van der Waals surface area contributed by atoms with E-state index in [0.717, 1.165) is 5.56 Å². The first kappa shape index (κ1) is 15.2. The predicted molar refractivity (Wildman–Crippen MR) is 72.8 cm³/mol. The van der Waals surface area contributed by atoms with E-state index in [1.54, 1.807) is 19.2 Å².